The number of nitrogens with zero attached hydrogens (tertiary/aromatic N) is 1. The lowest BCUT2D eigenvalue weighted by Gasteiger charge is -2.31. The summed E-state index contributed by atoms with van der Waals surface area (Å²) in [5.41, 5.74) is 2.47. The van der Waals surface area contributed by atoms with Gasteiger partial charge in [-0.2, -0.15) is 0 Å². The van der Waals surface area contributed by atoms with Gasteiger partial charge >= 0.3 is 0 Å². The number of nitrogens with one attached hydrogen (secondary N) is 1. The van der Waals surface area contributed by atoms with E-state index in [0.29, 0.717) is 0 Å². The van der Waals surface area contributed by atoms with Crippen LogP contribution in [-0.2, 0) is 0 Å². The number of halogens is 1. The zero-order valence-electron chi connectivity index (χ0n) is 13.5. The molecule has 1 unspecified atom stereocenters. The van der Waals surface area contributed by atoms with E-state index >= 15 is 0 Å². The lowest BCUT2D eigenvalue weighted by Crippen LogP contribution is -2.33. The molecule has 0 bridgehead atoms. The second-order valence-electron chi connectivity index (χ2n) is 5.87. The number of benzene rings is 2. The molecule has 0 saturated carbocycles. The predicted octanol–water partition coefficient (Wildman–Crippen LogP) is 3.73. The monoisotopic (exact) mass is 330 g/mol. The Morgan fingerprint density at radius 1 is 1.04 bits per heavy atom. The van der Waals surface area contributed by atoms with Crippen molar-refractivity contribution < 1.29 is 4.74 Å². The molecule has 0 radical (unpaired) electrons. The Bertz CT molecular complexity index is 639. The Hall–Kier alpha value is -1.55. The van der Waals surface area contributed by atoms with Crippen LogP contribution in [0, 0.1) is 0 Å². The van der Waals surface area contributed by atoms with E-state index in [-0.39, 0.29) is 6.04 Å². The molecule has 1 aliphatic heterocycles. The van der Waals surface area contributed by atoms with Crippen molar-refractivity contribution in [1.82, 2.24) is 10.2 Å². The fourth-order valence-electron chi connectivity index (χ4n) is 3.23. The summed E-state index contributed by atoms with van der Waals surface area (Å²) in [6.45, 7) is 4.19. The van der Waals surface area contributed by atoms with Crippen LogP contribution in [0.3, 0.4) is 0 Å². The lowest BCUT2D eigenvalue weighted by atomic mass is 9.96. The molecule has 1 N–H and O–H groups in total. The van der Waals surface area contributed by atoms with Crippen molar-refractivity contribution in [3.63, 3.8) is 0 Å². The summed E-state index contributed by atoms with van der Waals surface area (Å²) in [6.07, 6.45) is 1.15. The maximum absolute atomic E-state index is 6.25. The van der Waals surface area contributed by atoms with Crippen LogP contribution in [-0.4, -0.2) is 38.2 Å². The minimum absolute atomic E-state index is 0.198. The van der Waals surface area contributed by atoms with E-state index in [9.17, 15) is 0 Å². The first kappa shape index (κ1) is 16.3. The van der Waals surface area contributed by atoms with Gasteiger partial charge in [0, 0.05) is 24.7 Å². The Balaban J connectivity index is 2.01. The molecule has 4 heteroatoms. The molecule has 3 nitrogen and oxygen atoms in total. The van der Waals surface area contributed by atoms with Crippen molar-refractivity contribution >= 4 is 11.6 Å². The normalized spacial score (nSPS) is 17.5. The third-order valence-electron chi connectivity index (χ3n) is 4.31. The Morgan fingerprint density at radius 3 is 2.61 bits per heavy atom. The van der Waals surface area contributed by atoms with E-state index in [0.717, 1.165) is 43.4 Å². The summed E-state index contributed by atoms with van der Waals surface area (Å²) in [7, 11) is 1.71. The van der Waals surface area contributed by atoms with Gasteiger partial charge < -0.3 is 10.1 Å². The van der Waals surface area contributed by atoms with Crippen molar-refractivity contribution in [2.24, 2.45) is 0 Å². The molecule has 23 heavy (non-hydrogen) atoms. The van der Waals surface area contributed by atoms with Crippen LogP contribution in [0.25, 0.3) is 0 Å². The highest BCUT2D eigenvalue weighted by atomic mass is 35.5. The van der Waals surface area contributed by atoms with Crippen LogP contribution in [0.4, 0.5) is 0 Å². The molecular formula is C19H23ClN2O. The molecule has 0 spiro atoms. The number of ether oxygens (including phenoxy) is 1. The van der Waals surface area contributed by atoms with Gasteiger partial charge in [0.05, 0.1) is 13.2 Å². The Morgan fingerprint density at radius 2 is 1.83 bits per heavy atom. The maximum Gasteiger partial charge on any atom is 0.119 e. The van der Waals surface area contributed by atoms with Gasteiger partial charge in [-0.3, -0.25) is 4.90 Å². The second kappa shape index (κ2) is 7.82. The van der Waals surface area contributed by atoms with E-state index in [1.807, 2.05) is 18.2 Å². The van der Waals surface area contributed by atoms with Gasteiger partial charge in [0.2, 0.25) is 0 Å². The predicted molar refractivity (Wildman–Crippen MR) is 95.3 cm³/mol. The minimum Gasteiger partial charge on any atom is -0.497 e. The summed E-state index contributed by atoms with van der Waals surface area (Å²) < 4.78 is 5.42. The SMILES string of the molecule is COc1cccc(C(c2cccc(Cl)c2)N2CCCNCC2)c1. The van der Waals surface area contributed by atoms with Gasteiger partial charge in [-0.05, 0) is 48.4 Å². The van der Waals surface area contributed by atoms with Gasteiger partial charge in [-0.25, -0.2) is 0 Å². The molecule has 122 valence electrons. The molecule has 3 rings (SSSR count). The number of hydrogen-bond donors (Lipinski definition) is 1. The van der Waals surface area contributed by atoms with Gasteiger partial charge in [-0.1, -0.05) is 35.9 Å². The van der Waals surface area contributed by atoms with E-state index in [4.69, 9.17) is 16.3 Å². The molecular weight excluding hydrogens is 308 g/mol. The highest BCUT2D eigenvalue weighted by Gasteiger charge is 2.23. The summed E-state index contributed by atoms with van der Waals surface area (Å²) >= 11 is 6.25. The van der Waals surface area contributed by atoms with Crippen molar-refractivity contribution in [1.29, 1.82) is 0 Å². The zero-order valence-corrected chi connectivity index (χ0v) is 14.2. The van der Waals surface area contributed by atoms with E-state index < -0.39 is 0 Å². The fraction of sp³-hybridized carbons (Fsp3) is 0.368. The van der Waals surface area contributed by atoms with Crippen LogP contribution in [0.1, 0.15) is 23.6 Å². The average Bonchev–Trinajstić information content (AvgIpc) is 2.85. The van der Waals surface area contributed by atoms with Crippen LogP contribution in [0.2, 0.25) is 5.02 Å². The van der Waals surface area contributed by atoms with Crippen molar-refractivity contribution in [2.45, 2.75) is 12.5 Å². The highest BCUT2D eigenvalue weighted by molar-refractivity contribution is 6.30. The molecule has 1 atom stereocenters. The molecule has 0 aliphatic carbocycles. The first-order chi connectivity index (χ1) is 11.3. The van der Waals surface area contributed by atoms with Gasteiger partial charge in [-0.15, -0.1) is 0 Å². The smallest absolute Gasteiger partial charge is 0.119 e. The van der Waals surface area contributed by atoms with Crippen LogP contribution in [0.5, 0.6) is 5.75 Å². The summed E-state index contributed by atoms with van der Waals surface area (Å²) in [5.74, 6) is 0.891. The maximum atomic E-state index is 6.25. The molecule has 2 aromatic rings. The second-order valence-corrected chi connectivity index (χ2v) is 6.31. The molecule has 1 fully saturated rings. The van der Waals surface area contributed by atoms with Crippen LogP contribution >= 0.6 is 11.6 Å². The first-order valence-electron chi connectivity index (χ1n) is 8.12. The van der Waals surface area contributed by atoms with Crippen LogP contribution < -0.4 is 10.1 Å². The quantitative estimate of drug-likeness (QED) is 0.924. The average molecular weight is 331 g/mol. The largest absolute Gasteiger partial charge is 0.497 e. The molecule has 1 aliphatic rings. The molecule has 0 amide bonds. The lowest BCUT2D eigenvalue weighted by molar-refractivity contribution is 0.240. The van der Waals surface area contributed by atoms with E-state index in [2.05, 4.69) is 40.5 Å². The Labute approximate surface area is 143 Å². The van der Waals surface area contributed by atoms with Crippen molar-refractivity contribution in [3.05, 3.63) is 64.7 Å². The molecule has 2 aromatic carbocycles. The summed E-state index contributed by atoms with van der Waals surface area (Å²) in [4.78, 5) is 2.53. The van der Waals surface area contributed by atoms with Gasteiger partial charge in [0.25, 0.3) is 0 Å². The number of methoxy groups -OCH3 is 1. The molecule has 1 heterocycles. The van der Waals surface area contributed by atoms with E-state index in [1.54, 1.807) is 7.11 Å². The van der Waals surface area contributed by atoms with Gasteiger partial charge in [0.1, 0.15) is 5.75 Å². The van der Waals surface area contributed by atoms with E-state index in [1.165, 1.54) is 11.1 Å². The summed E-state index contributed by atoms with van der Waals surface area (Å²) in [5, 5.41) is 4.26. The third kappa shape index (κ3) is 4.05. The number of rotatable bonds is 4. The first-order valence-corrected chi connectivity index (χ1v) is 8.50. The van der Waals surface area contributed by atoms with Crippen molar-refractivity contribution in [2.75, 3.05) is 33.3 Å². The van der Waals surface area contributed by atoms with Gasteiger partial charge in [0.15, 0.2) is 0 Å². The third-order valence-corrected chi connectivity index (χ3v) is 4.55. The highest BCUT2D eigenvalue weighted by Crippen LogP contribution is 2.32. The fourth-order valence-corrected chi connectivity index (χ4v) is 3.43. The molecule has 0 aromatic heterocycles. The van der Waals surface area contributed by atoms with Crippen molar-refractivity contribution in [3.8, 4) is 5.75 Å². The van der Waals surface area contributed by atoms with Crippen LogP contribution in [0.15, 0.2) is 48.5 Å². The zero-order chi connectivity index (χ0) is 16.1. The number of hydrogen-bond acceptors (Lipinski definition) is 3. The minimum atomic E-state index is 0.198. The summed E-state index contributed by atoms with van der Waals surface area (Å²) in [6, 6.07) is 16.7. The topological polar surface area (TPSA) is 24.5 Å². The standard InChI is InChI=1S/C19H23ClN2O/c1-23-18-8-3-6-16(14-18)19(15-5-2-7-17(20)13-15)22-11-4-9-21-10-12-22/h2-3,5-8,13-14,19,21H,4,9-12H2,1H3. The Kier molecular flexibility index (Phi) is 5.55. The molecule has 1 saturated heterocycles.